The second-order valence-corrected chi connectivity index (χ2v) is 2.71. The molecule has 13 heavy (non-hydrogen) atoms. The largest absolute Gasteiger partial charge is 0.416 e. The Bertz CT molecular complexity index is 313. The summed E-state index contributed by atoms with van der Waals surface area (Å²) in [5, 5.41) is 8.43. The summed E-state index contributed by atoms with van der Waals surface area (Å²) in [6.07, 6.45) is -4.43. The van der Waals surface area contributed by atoms with Crippen LogP contribution in [0.1, 0.15) is 5.56 Å². The summed E-state index contributed by atoms with van der Waals surface area (Å²) in [5.41, 5.74) is 0.539. The minimum atomic E-state index is -4.43. The molecule has 1 aromatic carbocycles. The lowest BCUT2D eigenvalue weighted by molar-refractivity contribution is -0.137. The molecule has 1 rings (SSSR count). The lowest BCUT2D eigenvalue weighted by Gasteiger charge is -2.08. The number of alkyl halides is 3. The molecule has 0 aliphatic heterocycles. The van der Waals surface area contributed by atoms with E-state index >= 15 is 0 Å². The highest BCUT2D eigenvalue weighted by Gasteiger charge is 2.30. The van der Waals surface area contributed by atoms with E-state index in [1.165, 1.54) is 0 Å². The van der Waals surface area contributed by atoms with E-state index in [-0.39, 0.29) is 10.7 Å². The predicted octanol–water partition coefficient (Wildman–Crippen LogP) is 3.16. The van der Waals surface area contributed by atoms with Gasteiger partial charge < -0.3 is 0 Å². The number of hydrogen-bond acceptors (Lipinski definition) is 2. The van der Waals surface area contributed by atoms with Gasteiger partial charge in [-0.05, 0) is 18.2 Å². The van der Waals surface area contributed by atoms with Crippen LogP contribution >= 0.6 is 11.6 Å². The van der Waals surface area contributed by atoms with Crippen LogP contribution in [0.25, 0.3) is 0 Å². The summed E-state index contributed by atoms with van der Waals surface area (Å²) in [4.78, 5) is 0. The van der Waals surface area contributed by atoms with Crippen molar-refractivity contribution in [3.05, 3.63) is 28.8 Å². The molecule has 0 amide bonds. The van der Waals surface area contributed by atoms with Crippen LogP contribution in [-0.4, -0.2) is 5.21 Å². The summed E-state index contributed by atoms with van der Waals surface area (Å²) in [7, 11) is 0. The van der Waals surface area contributed by atoms with Gasteiger partial charge in [-0.1, -0.05) is 11.6 Å². The van der Waals surface area contributed by atoms with Gasteiger partial charge in [0.1, 0.15) is 0 Å². The first-order valence-corrected chi connectivity index (χ1v) is 3.60. The van der Waals surface area contributed by atoms with Gasteiger partial charge in [-0.15, -0.1) is 0 Å². The maximum atomic E-state index is 12.1. The molecule has 0 aliphatic rings. The van der Waals surface area contributed by atoms with Gasteiger partial charge in [-0.3, -0.25) is 10.7 Å². The fourth-order valence-electron chi connectivity index (χ4n) is 0.787. The van der Waals surface area contributed by atoms with E-state index in [1.807, 2.05) is 0 Å². The van der Waals surface area contributed by atoms with Crippen molar-refractivity contribution in [1.82, 2.24) is 0 Å². The number of halogens is 4. The van der Waals surface area contributed by atoms with Crippen molar-refractivity contribution in [2.75, 3.05) is 5.48 Å². The van der Waals surface area contributed by atoms with E-state index in [4.69, 9.17) is 16.8 Å². The number of benzene rings is 1. The fraction of sp³-hybridized carbons (Fsp3) is 0.143. The normalized spacial score (nSPS) is 11.5. The molecule has 0 aromatic heterocycles. The van der Waals surface area contributed by atoms with E-state index in [0.717, 1.165) is 18.2 Å². The Labute approximate surface area is 76.9 Å². The second kappa shape index (κ2) is 3.43. The highest BCUT2D eigenvalue weighted by Crippen LogP contribution is 2.33. The van der Waals surface area contributed by atoms with Gasteiger partial charge in [0.15, 0.2) is 0 Å². The molecule has 0 aliphatic carbocycles. The zero-order valence-electron chi connectivity index (χ0n) is 6.19. The van der Waals surface area contributed by atoms with Crippen LogP contribution in [0, 0.1) is 0 Å². The maximum Gasteiger partial charge on any atom is 0.416 e. The van der Waals surface area contributed by atoms with Gasteiger partial charge in [-0.2, -0.15) is 13.2 Å². The summed E-state index contributed by atoms with van der Waals surface area (Å²) in [5.74, 6) is 0. The SMILES string of the molecule is ONc1cc(C(F)(F)F)ccc1Cl. The average molecular weight is 212 g/mol. The van der Waals surface area contributed by atoms with Crippen molar-refractivity contribution in [1.29, 1.82) is 0 Å². The van der Waals surface area contributed by atoms with E-state index in [1.54, 1.807) is 5.48 Å². The van der Waals surface area contributed by atoms with E-state index in [0.29, 0.717) is 0 Å². The Morgan fingerprint density at radius 2 is 1.92 bits per heavy atom. The molecule has 0 fully saturated rings. The molecule has 1 aromatic rings. The number of rotatable bonds is 1. The monoisotopic (exact) mass is 211 g/mol. The van der Waals surface area contributed by atoms with Crippen LogP contribution < -0.4 is 5.48 Å². The third-order valence-corrected chi connectivity index (χ3v) is 1.74. The first-order chi connectivity index (χ1) is 5.95. The van der Waals surface area contributed by atoms with Crippen molar-refractivity contribution in [2.24, 2.45) is 0 Å². The minimum Gasteiger partial charge on any atom is -0.291 e. The molecule has 0 atom stereocenters. The fourth-order valence-corrected chi connectivity index (χ4v) is 0.947. The van der Waals surface area contributed by atoms with Gasteiger partial charge >= 0.3 is 6.18 Å². The van der Waals surface area contributed by atoms with Gasteiger partial charge in [0, 0.05) is 0 Å². The molecule has 2 nitrogen and oxygen atoms in total. The minimum absolute atomic E-state index is 0.0236. The van der Waals surface area contributed by atoms with E-state index < -0.39 is 11.7 Å². The molecular weight excluding hydrogens is 207 g/mol. The van der Waals surface area contributed by atoms with E-state index in [9.17, 15) is 13.2 Å². The third kappa shape index (κ3) is 2.26. The lowest BCUT2D eigenvalue weighted by Crippen LogP contribution is -2.05. The molecule has 0 saturated heterocycles. The highest BCUT2D eigenvalue weighted by molar-refractivity contribution is 6.33. The topological polar surface area (TPSA) is 32.3 Å². The maximum absolute atomic E-state index is 12.1. The molecule has 0 saturated carbocycles. The van der Waals surface area contributed by atoms with Crippen LogP contribution in [0.2, 0.25) is 5.02 Å². The van der Waals surface area contributed by atoms with Crippen molar-refractivity contribution in [2.45, 2.75) is 6.18 Å². The highest BCUT2D eigenvalue weighted by atomic mass is 35.5. The van der Waals surface area contributed by atoms with Gasteiger partial charge in [-0.25, -0.2) is 0 Å². The number of anilines is 1. The smallest absolute Gasteiger partial charge is 0.291 e. The van der Waals surface area contributed by atoms with Gasteiger partial charge in [0.25, 0.3) is 0 Å². The Morgan fingerprint density at radius 1 is 1.31 bits per heavy atom. The van der Waals surface area contributed by atoms with Crippen LogP contribution in [0.3, 0.4) is 0 Å². The first-order valence-electron chi connectivity index (χ1n) is 3.22. The predicted molar refractivity (Wildman–Crippen MR) is 41.9 cm³/mol. The third-order valence-electron chi connectivity index (χ3n) is 1.41. The van der Waals surface area contributed by atoms with Crippen molar-refractivity contribution < 1.29 is 18.4 Å². The molecule has 2 N–H and O–H groups in total. The van der Waals surface area contributed by atoms with Gasteiger partial charge in [0.2, 0.25) is 0 Å². The molecule has 0 unspecified atom stereocenters. The van der Waals surface area contributed by atoms with E-state index in [2.05, 4.69) is 0 Å². The number of nitrogens with one attached hydrogen (secondary N) is 1. The number of hydrogen-bond donors (Lipinski definition) is 2. The van der Waals surface area contributed by atoms with Crippen LogP contribution in [-0.2, 0) is 6.18 Å². The summed E-state index contributed by atoms with van der Waals surface area (Å²) in [6.45, 7) is 0. The summed E-state index contributed by atoms with van der Waals surface area (Å²) in [6, 6.07) is 2.62. The Hall–Kier alpha value is -0.940. The molecule has 72 valence electrons. The standard InChI is InChI=1S/C7H5ClF3NO/c8-5-2-1-4(7(9,10)11)3-6(5)12-13/h1-3,12-13H. The summed E-state index contributed by atoms with van der Waals surface area (Å²) < 4.78 is 36.3. The lowest BCUT2D eigenvalue weighted by atomic mass is 10.2. The molecule has 0 radical (unpaired) electrons. The molecule has 0 spiro atoms. The Kier molecular flexibility index (Phi) is 2.68. The molecule has 6 heteroatoms. The van der Waals surface area contributed by atoms with Crippen LogP contribution in [0.15, 0.2) is 18.2 Å². The van der Waals surface area contributed by atoms with Crippen molar-refractivity contribution >= 4 is 17.3 Å². The zero-order valence-corrected chi connectivity index (χ0v) is 6.95. The second-order valence-electron chi connectivity index (χ2n) is 2.30. The van der Waals surface area contributed by atoms with Crippen molar-refractivity contribution in [3.8, 4) is 0 Å². The van der Waals surface area contributed by atoms with Crippen LogP contribution in [0.4, 0.5) is 18.9 Å². The van der Waals surface area contributed by atoms with Crippen LogP contribution in [0.5, 0.6) is 0 Å². The Balaban J connectivity index is 3.14. The molecule has 0 heterocycles. The average Bonchev–Trinajstić information content (AvgIpc) is 2.03. The first kappa shape index (κ1) is 10.1. The quantitative estimate of drug-likeness (QED) is 0.700. The zero-order chi connectivity index (χ0) is 10.1. The Morgan fingerprint density at radius 3 is 2.38 bits per heavy atom. The van der Waals surface area contributed by atoms with Gasteiger partial charge in [0.05, 0.1) is 16.3 Å². The molecular formula is C7H5ClF3NO. The summed E-state index contributed by atoms with van der Waals surface area (Å²) >= 11 is 5.46. The molecule has 0 bridgehead atoms. The van der Waals surface area contributed by atoms with Crippen molar-refractivity contribution in [3.63, 3.8) is 0 Å².